The van der Waals surface area contributed by atoms with Crippen LogP contribution < -0.4 is 15.4 Å². The molecule has 0 aromatic heterocycles. The lowest BCUT2D eigenvalue weighted by Gasteiger charge is -2.31. The van der Waals surface area contributed by atoms with Crippen LogP contribution in [0.4, 0.5) is 5.69 Å². The first-order valence-electron chi connectivity index (χ1n) is 7.56. The van der Waals surface area contributed by atoms with Crippen molar-refractivity contribution in [2.75, 3.05) is 45.7 Å². The van der Waals surface area contributed by atoms with Crippen molar-refractivity contribution < 1.29 is 9.53 Å². The van der Waals surface area contributed by atoms with Crippen LogP contribution in [0.15, 0.2) is 18.2 Å². The molecule has 1 amide bonds. The number of likely N-dealkylation sites (N-methyl/N-ethyl adjacent to an activating group) is 1. The van der Waals surface area contributed by atoms with Crippen LogP contribution in [-0.4, -0.2) is 51.1 Å². The van der Waals surface area contributed by atoms with Gasteiger partial charge in [0.05, 0.1) is 5.02 Å². The highest BCUT2D eigenvalue weighted by molar-refractivity contribution is 6.32. The second kappa shape index (κ2) is 11.0. The number of nitrogens with one attached hydrogen (secondary N) is 2. The molecule has 0 spiro atoms. The average molecular weight is 399 g/mol. The van der Waals surface area contributed by atoms with Crippen LogP contribution in [0.1, 0.15) is 6.92 Å². The number of halogens is 3. The lowest BCUT2D eigenvalue weighted by atomic mass is 9.88. The van der Waals surface area contributed by atoms with E-state index in [4.69, 9.17) is 16.3 Å². The molecule has 0 aliphatic carbocycles. The van der Waals surface area contributed by atoms with E-state index in [-0.39, 0.29) is 36.6 Å². The number of hydrogen-bond acceptors (Lipinski definition) is 4. The Balaban J connectivity index is 0.00000264. The minimum Gasteiger partial charge on any atom is -0.491 e. The second-order valence-corrected chi connectivity index (χ2v) is 6.40. The highest BCUT2D eigenvalue weighted by Crippen LogP contribution is 2.28. The molecule has 1 aliphatic heterocycles. The van der Waals surface area contributed by atoms with Crippen molar-refractivity contribution in [3.63, 3.8) is 0 Å². The third-order valence-corrected chi connectivity index (χ3v) is 4.22. The summed E-state index contributed by atoms with van der Waals surface area (Å²) in [5.41, 5.74) is 0.703. The zero-order chi connectivity index (χ0) is 16.1. The summed E-state index contributed by atoms with van der Waals surface area (Å²) in [6, 6.07) is 5.35. The SMILES string of the molecule is CC(C(=O)Nc1ccc(OCCN(C)C)c(Cl)c1)C1CNC1.Cl.Cl. The van der Waals surface area contributed by atoms with Gasteiger partial charge in [-0.15, -0.1) is 24.8 Å². The lowest BCUT2D eigenvalue weighted by molar-refractivity contribution is -0.121. The van der Waals surface area contributed by atoms with Gasteiger partial charge in [0.15, 0.2) is 0 Å². The minimum atomic E-state index is -0.00366. The van der Waals surface area contributed by atoms with Crippen LogP contribution in [-0.2, 0) is 4.79 Å². The van der Waals surface area contributed by atoms with Gasteiger partial charge in [0.1, 0.15) is 12.4 Å². The van der Waals surface area contributed by atoms with E-state index in [9.17, 15) is 4.79 Å². The molecule has 2 rings (SSSR count). The minimum absolute atomic E-state index is 0. The number of amides is 1. The Kier molecular flexibility index (Phi) is 10.7. The smallest absolute Gasteiger partial charge is 0.227 e. The molecule has 1 heterocycles. The van der Waals surface area contributed by atoms with Crippen LogP contribution in [0.2, 0.25) is 5.02 Å². The zero-order valence-electron chi connectivity index (χ0n) is 14.2. The summed E-state index contributed by atoms with van der Waals surface area (Å²) < 4.78 is 5.63. The Hall–Kier alpha value is -0.720. The fraction of sp³-hybridized carbons (Fsp3) is 0.562. The maximum atomic E-state index is 12.2. The topological polar surface area (TPSA) is 53.6 Å². The number of carbonyl (C=O) groups excluding carboxylic acids is 1. The molecular weight excluding hydrogens is 373 g/mol. The predicted molar refractivity (Wildman–Crippen MR) is 104 cm³/mol. The Morgan fingerprint density at radius 3 is 2.58 bits per heavy atom. The molecular formula is C16H26Cl3N3O2. The molecule has 1 fully saturated rings. The summed E-state index contributed by atoms with van der Waals surface area (Å²) >= 11 is 6.21. The summed E-state index contributed by atoms with van der Waals surface area (Å²) in [5, 5.41) is 6.61. The van der Waals surface area contributed by atoms with E-state index in [1.54, 1.807) is 12.1 Å². The number of benzene rings is 1. The van der Waals surface area contributed by atoms with E-state index in [0.717, 1.165) is 19.6 Å². The van der Waals surface area contributed by atoms with Crippen molar-refractivity contribution in [1.82, 2.24) is 10.2 Å². The number of nitrogens with zero attached hydrogens (tertiary/aromatic N) is 1. The van der Waals surface area contributed by atoms with Crippen molar-refractivity contribution in [3.8, 4) is 5.75 Å². The number of rotatable bonds is 7. The molecule has 0 radical (unpaired) electrons. The highest BCUT2D eigenvalue weighted by Gasteiger charge is 2.28. The average Bonchev–Trinajstić information content (AvgIpc) is 2.38. The monoisotopic (exact) mass is 397 g/mol. The van der Waals surface area contributed by atoms with E-state index in [1.165, 1.54) is 0 Å². The summed E-state index contributed by atoms with van der Waals surface area (Å²) in [5.74, 6) is 1.08. The van der Waals surface area contributed by atoms with Crippen LogP contribution in [0, 0.1) is 11.8 Å². The largest absolute Gasteiger partial charge is 0.491 e. The molecule has 2 N–H and O–H groups in total. The Bertz CT molecular complexity index is 525. The highest BCUT2D eigenvalue weighted by atomic mass is 35.5. The van der Waals surface area contributed by atoms with Gasteiger partial charge >= 0.3 is 0 Å². The van der Waals surface area contributed by atoms with Gasteiger partial charge < -0.3 is 20.3 Å². The van der Waals surface area contributed by atoms with Gasteiger partial charge in [-0.05, 0) is 51.3 Å². The van der Waals surface area contributed by atoms with Crippen LogP contribution in [0.3, 0.4) is 0 Å². The van der Waals surface area contributed by atoms with Crippen LogP contribution in [0.25, 0.3) is 0 Å². The molecule has 1 aromatic rings. The van der Waals surface area contributed by atoms with E-state index in [2.05, 4.69) is 10.6 Å². The summed E-state index contributed by atoms with van der Waals surface area (Å²) in [7, 11) is 3.98. The number of ether oxygens (including phenoxy) is 1. The first-order valence-corrected chi connectivity index (χ1v) is 7.94. The lowest BCUT2D eigenvalue weighted by Crippen LogP contribution is -2.48. The van der Waals surface area contributed by atoms with Gasteiger partial charge in [-0.25, -0.2) is 0 Å². The molecule has 0 saturated carbocycles. The van der Waals surface area contributed by atoms with Crippen molar-refractivity contribution in [1.29, 1.82) is 0 Å². The Labute approximate surface area is 161 Å². The molecule has 5 nitrogen and oxygen atoms in total. The molecule has 1 unspecified atom stereocenters. The first kappa shape index (κ1) is 23.3. The fourth-order valence-electron chi connectivity index (χ4n) is 2.17. The standard InChI is InChI=1S/C16H24ClN3O2.2ClH/c1-11(12-9-18-10-12)16(21)19-13-4-5-15(14(17)8-13)22-7-6-20(2)3;;/h4-5,8,11-12,18H,6-7,9-10H2,1-3H3,(H,19,21);2*1H. The van der Waals surface area contributed by atoms with Gasteiger partial charge in [0.2, 0.25) is 5.91 Å². The number of anilines is 1. The van der Waals surface area contributed by atoms with E-state index >= 15 is 0 Å². The van der Waals surface area contributed by atoms with Crippen molar-refractivity contribution >= 4 is 48.0 Å². The van der Waals surface area contributed by atoms with Crippen molar-refractivity contribution in [2.24, 2.45) is 11.8 Å². The van der Waals surface area contributed by atoms with Crippen LogP contribution in [0.5, 0.6) is 5.75 Å². The maximum absolute atomic E-state index is 12.2. The Morgan fingerprint density at radius 2 is 2.08 bits per heavy atom. The normalized spacial score (nSPS) is 14.9. The quantitative estimate of drug-likeness (QED) is 0.741. The molecule has 24 heavy (non-hydrogen) atoms. The van der Waals surface area contributed by atoms with E-state index in [0.29, 0.717) is 29.0 Å². The van der Waals surface area contributed by atoms with Gasteiger partial charge in [0.25, 0.3) is 0 Å². The number of carbonyl (C=O) groups is 1. The maximum Gasteiger partial charge on any atom is 0.227 e. The number of hydrogen-bond donors (Lipinski definition) is 2. The van der Waals surface area contributed by atoms with Crippen LogP contribution >= 0.6 is 36.4 Å². The summed E-state index contributed by atoms with van der Waals surface area (Å²) in [6.45, 7) is 5.18. The molecule has 1 atom stereocenters. The summed E-state index contributed by atoms with van der Waals surface area (Å²) in [6.07, 6.45) is 0. The molecule has 1 aliphatic rings. The third kappa shape index (κ3) is 6.65. The Morgan fingerprint density at radius 1 is 1.42 bits per heavy atom. The van der Waals surface area contributed by atoms with E-state index in [1.807, 2.05) is 32.0 Å². The zero-order valence-corrected chi connectivity index (χ0v) is 16.6. The predicted octanol–water partition coefficient (Wildman–Crippen LogP) is 2.92. The molecule has 1 aromatic carbocycles. The van der Waals surface area contributed by atoms with Gasteiger partial charge in [0, 0.05) is 18.2 Å². The van der Waals surface area contributed by atoms with Gasteiger partial charge in [-0.1, -0.05) is 18.5 Å². The van der Waals surface area contributed by atoms with Gasteiger partial charge in [-0.2, -0.15) is 0 Å². The molecule has 138 valence electrons. The molecule has 1 saturated heterocycles. The van der Waals surface area contributed by atoms with E-state index < -0.39 is 0 Å². The summed E-state index contributed by atoms with van der Waals surface area (Å²) in [4.78, 5) is 14.2. The molecule has 8 heteroatoms. The molecule has 0 bridgehead atoms. The fourth-order valence-corrected chi connectivity index (χ4v) is 2.40. The van der Waals surface area contributed by atoms with Crippen molar-refractivity contribution in [3.05, 3.63) is 23.2 Å². The van der Waals surface area contributed by atoms with Gasteiger partial charge in [-0.3, -0.25) is 4.79 Å². The first-order chi connectivity index (χ1) is 10.5. The van der Waals surface area contributed by atoms with Crippen molar-refractivity contribution in [2.45, 2.75) is 6.92 Å². The second-order valence-electron chi connectivity index (χ2n) is 5.99. The third-order valence-electron chi connectivity index (χ3n) is 3.93.